The van der Waals surface area contributed by atoms with E-state index in [-0.39, 0.29) is 0 Å². The molecule has 4 heteroatoms. The van der Waals surface area contributed by atoms with Gasteiger partial charge in [0.05, 0.1) is 18.2 Å². The van der Waals surface area contributed by atoms with E-state index in [1.165, 1.54) is 7.11 Å². The Labute approximate surface area is 82.3 Å². The highest BCUT2D eigenvalue weighted by Gasteiger charge is 2.10. The predicted octanol–water partition coefficient (Wildman–Crippen LogP) is 1.67. The van der Waals surface area contributed by atoms with Crippen molar-refractivity contribution in [3.8, 4) is 5.88 Å². The maximum atomic E-state index is 9.21. The summed E-state index contributed by atoms with van der Waals surface area (Å²) in [7, 11) is 1.53. The molecule has 0 aliphatic heterocycles. The van der Waals surface area contributed by atoms with Gasteiger partial charge in [0.1, 0.15) is 0 Å². The maximum absolute atomic E-state index is 9.21. The average molecular weight is 202 g/mol. The number of hydrogen-bond acceptors (Lipinski definition) is 3. The van der Waals surface area contributed by atoms with E-state index in [1.54, 1.807) is 19.2 Å². The third-order valence-electron chi connectivity index (χ3n) is 1.65. The molecule has 0 fully saturated rings. The van der Waals surface area contributed by atoms with Crippen LogP contribution >= 0.6 is 11.6 Å². The summed E-state index contributed by atoms with van der Waals surface area (Å²) in [6, 6.07) is 1.68. The molecule has 13 heavy (non-hydrogen) atoms. The van der Waals surface area contributed by atoms with Gasteiger partial charge in [-0.25, -0.2) is 4.98 Å². The van der Waals surface area contributed by atoms with Gasteiger partial charge in [-0.1, -0.05) is 11.6 Å². The van der Waals surface area contributed by atoms with Gasteiger partial charge in [-0.15, -0.1) is 0 Å². The molecule has 1 aromatic rings. The number of pyridine rings is 1. The van der Waals surface area contributed by atoms with Crippen molar-refractivity contribution in [2.75, 3.05) is 7.11 Å². The summed E-state index contributed by atoms with van der Waals surface area (Å²) in [4.78, 5) is 3.99. The molecular weight excluding hydrogens is 190 g/mol. The zero-order valence-electron chi connectivity index (χ0n) is 7.62. The van der Waals surface area contributed by atoms with Gasteiger partial charge >= 0.3 is 0 Å². The fraction of sp³-hybridized carbons (Fsp3) is 0.444. The quantitative estimate of drug-likeness (QED) is 0.809. The van der Waals surface area contributed by atoms with Crippen LogP contribution in [-0.4, -0.2) is 23.3 Å². The van der Waals surface area contributed by atoms with E-state index in [2.05, 4.69) is 4.98 Å². The van der Waals surface area contributed by atoms with Gasteiger partial charge < -0.3 is 9.84 Å². The summed E-state index contributed by atoms with van der Waals surface area (Å²) in [5.74, 6) is 0.480. The minimum atomic E-state index is -0.449. The van der Waals surface area contributed by atoms with Crippen molar-refractivity contribution in [2.45, 2.75) is 19.4 Å². The van der Waals surface area contributed by atoms with Gasteiger partial charge in [0.2, 0.25) is 5.88 Å². The smallest absolute Gasteiger partial charge is 0.217 e. The molecule has 0 radical (unpaired) electrons. The average Bonchev–Trinajstić information content (AvgIpc) is 2.08. The van der Waals surface area contributed by atoms with Crippen molar-refractivity contribution >= 4 is 11.6 Å². The van der Waals surface area contributed by atoms with Crippen molar-refractivity contribution in [1.29, 1.82) is 0 Å². The lowest BCUT2D eigenvalue weighted by atomic mass is 10.1. The normalized spacial score (nSPS) is 12.6. The molecule has 0 aliphatic rings. The molecule has 1 aromatic heterocycles. The third-order valence-corrected chi connectivity index (χ3v) is 2.01. The molecule has 0 unspecified atom stereocenters. The summed E-state index contributed by atoms with van der Waals surface area (Å²) >= 11 is 5.92. The lowest BCUT2D eigenvalue weighted by molar-refractivity contribution is 0.194. The summed E-state index contributed by atoms with van der Waals surface area (Å²) < 4.78 is 5.02. The maximum Gasteiger partial charge on any atom is 0.217 e. The van der Waals surface area contributed by atoms with Crippen LogP contribution in [0.1, 0.15) is 12.5 Å². The van der Waals surface area contributed by atoms with Gasteiger partial charge in [-0.05, 0) is 13.0 Å². The molecular formula is C9H12ClNO2. The highest BCUT2D eigenvalue weighted by Crippen LogP contribution is 2.24. The largest absolute Gasteiger partial charge is 0.481 e. The topological polar surface area (TPSA) is 42.4 Å². The Balaban J connectivity index is 3.00. The molecule has 0 aliphatic carbocycles. The number of hydrogen-bond donors (Lipinski definition) is 1. The lowest BCUT2D eigenvalue weighted by Crippen LogP contribution is -2.07. The number of aliphatic hydroxyl groups excluding tert-OH is 1. The molecule has 0 aromatic carbocycles. The van der Waals surface area contributed by atoms with Gasteiger partial charge in [0.25, 0.3) is 0 Å². The van der Waals surface area contributed by atoms with Gasteiger partial charge in [0, 0.05) is 18.2 Å². The van der Waals surface area contributed by atoms with E-state index in [9.17, 15) is 5.11 Å². The van der Waals surface area contributed by atoms with Crippen molar-refractivity contribution in [3.63, 3.8) is 0 Å². The Hall–Kier alpha value is -0.800. The second-order valence-corrected chi connectivity index (χ2v) is 3.24. The lowest BCUT2D eigenvalue weighted by Gasteiger charge is -2.10. The molecule has 0 amide bonds. The first-order chi connectivity index (χ1) is 6.15. The number of aromatic nitrogens is 1. The highest BCUT2D eigenvalue weighted by molar-refractivity contribution is 6.31. The van der Waals surface area contributed by atoms with Crippen LogP contribution in [0, 0.1) is 0 Å². The van der Waals surface area contributed by atoms with E-state index < -0.39 is 6.10 Å². The van der Waals surface area contributed by atoms with Crippen molar-refractivity contribution < 1.29 is 9.84 Å². The second kappa shape index (κ2) is 4.44. The van der Waals surface area contributed by atoms with Crippen LogP contribution in [0.2, 0.25) is 5.02 Å². The standard InChI is InChI=1S/C9H12ClNO2/c1-6(12)5-7-8(10)3-4-11-9(7)13-2/h3-4,6,12H,5H2,1-2H3/t6-/m1/s1. The molecule has 0 spiro atoms. The van der Waals surface area contributed by atoms with Crippen molar-refractivity contribution in [3.05, 3.63) is 22.8 Å². The molecule has 0 saturated heterocycles. The Morgan fingerprint density at radius 1 is 1.69 bits per heavy atom. The first kappa shape index (κ1) is 10.3. The Bertz CT molecular complexity index is 289. The van der Waals surface area contributed by atoms with E-state index in [0.29, 0.717) is 17.3 Å². The number of aliphatic hydroxyl groups is 1. The Morgan fingerprint density at radius 3 is 2.92 bits per heavy atom. The van der Waals surface area contributed by atoms with Crippen LogP contribution in [0.4, 0.5) is 0 Å². The molecule has 1 rings (SSSR count). The van der Waals surface area contributed by atoms with Gasteiger partial charge in [-0.2, -0.15) is 0 Å². The van der Waals surface area contributed by atoms with Gasteiger partial charge in [0.15, 0.2) is 0 Å². The monoisotopic (exact) mass is 201 g/mol. The molecule has 0 saturated carbocycles. The predicted molar refractivity (Wildman–Crippen MR) is 51.2 cm³/mol. The molecule has 0 bridgehead atoms. The summed E-state index contributed by atoms with van der Waals surface area (Å²) in [5.41, 5.74) is 0.752. The molecule has 1 heterocycles. The number of rotatable bonds is 3. The number of methoxy groups -OCH3 is 1. The van der Waals surface area contributed by atoms with Gasteiger partial charge in [-0.3, -0.25) is 0 Å². The number of nitrogens with zero attached hydrogens (tertiary/aromatic N) is 1. The second-order valence-electron chi connectivity index (χ2n) is 2.83. The van der Waals surface area contributed by atoms with E-state index >= 15 is 0 Å². The van der Waals surface area contributed by atoms with E-state index in [0.717, 1.165) is 5.56 Å². The minimum Gasteiger partial charge on any atom is -0.481 e. The third kappa shape index (κ3) is 2.57. The summed E-state index contributed by atoms with van der Waals surface area (Å²) in [6.07, 6.45) is 1.58. The summed E-state index contributed by atoms with van der Waals surface area (Å²) in [5, 5.41) is 9.78. The van der Waals surface area contributed by atoms with E-state index in [1.807, 2.05) is 0 Å². The SMILES string of the molecule is COc1nccc(Cl)c1C[C@@H](C)O. The van der Waals surface area contributed by atoms with Crippen LogP contribution in [0.15, 0.2) is 12.3 Å². The summed E-state index contributed by atoms with van der Waals surface area (Å²) in [6.45, 7) is 1.70. The van der Waals surface area contributed by atoms with Crippen LogP contribution < -0.4 is 4.74 Å². The molecule has 1 N–H and O–H groups in total. The minimum absolute atomic E-state index is 0.449. The highest BCUT2D eigenvalue weighted by atomic mass is 35.5. The molecule has 3 nitrogen and oxygen atoms in total. The molecule has 72 valence electrons. The Morgan fingerprint density at radius 2 is 2.38 bits per heavy atom. The Kier molecular flexibility index (Phi) is 3.51. The first-order valence-corrected chi connectivity index (χ1v) is 4.38. The van der Waals surface area contributed by atoms with Crippen LogP contribution in [0.25, 0.3) is 0 Å². The van der Waals surface area contributed by atoms with E-state index in [4.69, 9.17) is 16.3 Å². The van der Waals surface area contributed by atoms with Crippen LogP contribution in [0.3, 0.4) is 0 Å². The fourth-order valence-electron chi connectivity index (χ4n) is 1.11. The fourth-order valence-corrected chi connectivity index (χ4v) is 1.32. The van der Waals surface area contributed by atoms with Crippen molar-refractivity contribution in [1.82, 2.24) is 4.98 Å². The first-order valence-electron chi connectivity index (χ1n) is 4.00. The zero-order valence-corrected chi connectivity index (χ0v) is 8.38. The van der Waals surface area contributed by atoms with Crippen molar-refractivity contribution in [2.24, 2.45) is 0 Å². The number of halogens is 1. The number of ether oxygens (including phenoxy) is 1. The zero-order chi connectivity index (χ0) is 9.84. The molecule has 1 atom stereocenters. The van der Waals surface area contributed by atoms with Crippen LogP contribution in [-0.2, 0) is 6.42 Å². The van der Waals surface area contributed by atoms with Crippen LogP contribution in [0.5, 0.6) is 5.88 Å².